The lowest BCUT2D eigenvalue weighted by Gasteiger charge is -1.99. The van der Waals surface area contributed by atoms with Crippen molar-refractivity contribution in [3.8, 4) is 6.07 Å². The van der Waals surface area contributed by atoms with Crippen LogP contribution in [0.5, 0.6) is 0 Å². The van der Waals surface area contributed by atoms with E-state index < -0.39 is 10.1 Å². The average Bonchev–Trinajstić information content (AvgIpc) is 2.59. The predicted molar refractivity (Wildman–Crippen MR) is 59.4 cm³/mol. The van der Waals surface area contributed by atoms with Gasteiger partial charge in [-0.05, 0) is 12.1 Å². The molecule has 2 aromatic heterocycles. The quantitative estimate of drug-likeness (QED) is 0.395. The third-order valence-electron chi connectivity index (χ3n) is 1.72. The first-order chi connectivity index (χ1) is 7.83. The minimum absolute atomic E-state index is 0.425. The van der Waals surface area contributed by atoms with E-state index >= 15 is 0 Å². The zero-order valence-electron chi connectivity index (χ0n) is 8.78. The van der Waals surface area contributed by atoms with Gasteiger partial charge in [-0.25, -0.2) is 9.71 Å². The van der Waals surface area contributed by atoms with Crippen molar-refractivity contribution in [1.29, 1.82) is 5.26 Å². The molecule has 2 N–H and O–H groups in total. The summed E-state index contributed by atoms with van der Waals surface area (Å²) < 4.78 is 26.6. The van der Waals surface area contributed by atoms with Crippen molar-refractivity contribution in [2.75, 3.05) is 6.26 Å². The number of hydrogen-bond acceptors (Lipinski definition) is 4. The Morgan fingerprint density at radius 1 is 1.59 bits per heavy atom. The lowest BCUT2D eigenvalue weighted by molar-refractivity contribution is -0.579. The summed E-state index contributed by atoms with van der Waals surface area (Å²) >= 11 is 0. The normalized spacial score (nSPS) is 10.4. The lowest BCUT2D eigenvalue weighted by Crippen LogP contribution is -2.25. The molecule has 2 rings (SSSR count). The largest absolute Gasteiger partial charge is 0.711 e. The molecule has 0 spiro atoms. The number of pyridine rings is 1. The number of hydrogen-bond donors (Lipinski definition) is 2. The molecule has 7 nitrogen and oxygen atoms in total. The average molecular weight is 255 g/mol. The third kappa shape index (κ3) is 3.75. The van der Waals surface area contributed by atoms with Crippen LogP contribution < -0.4 is 4.73 Å². The van der Waals surface area contributed by atoms with Crippen LogP contribution in [-0.4, -0.2) is 24.2 Å². The lowest BCUT2D eigenvalue weighted by atomic mass is 10.2. The second-order valence-electron chi connectivity index (χ2n) is 3.14. The smallest absolute Gasteiger partial charge is 0.290 e. The second kappa shape index (κ2) is 4.82. The van der Waals surface area contributed by atoms with E-state index in [1.807, 2.05) is 6.07 Å². The molecule has 90 valence electrons. The number of nitrogens with one attached hydrogen (secondary N) is 1. The van der Waals surface area contributed by atoms with Gasteiger partial charge in [0.1, 0.15) is 17.8 Å². The standard InChI is InChI=1S/C8H5N3O.CH4O3S/c9-4-6-5-10-8-7(6)2-1-3-11(8)12;1-5(2,3)4/h1-3,5,10H;1H3,(H,2,3,4). The molecule has 0 amide bonds. The van der Waals surface area contributed by atoms with Gasteiger partial charge >= 0.3 is 0 Å². The van der Waals surface area contributed by atoms with Crippen LogP contribution in [0.1, 0.15) is 5.56 Å². The Labute approximate surface area is 97.3 Å². The SMILES string of the molecule is CS(=O)(=O)O.N#Cc1c[nH]c2c1ccc[n+]2[O-]. The van der Waals surface area contributed by atoms with Crippen LogP contribution in [-0.2, 0) is 10.1 Å². The van der Waals surface area contributed by atoms with Crippen LogP contribution in [0.25, 0.3) is 11.0 Å². The van der Waals surface area contributed by atoms with Crippen LogP contribution >= 0.6 is 0 Å². The van der Waals surface area contributed by atoms with Crippen molar-refractivity contribution in [1.82, 2.24) is 4.98 Å². The van der Waals surface area contributed by atoms with Crippen LogP contribution in [0.15, 0.2) is 24.5 Å². The molecule has 0 saturated carbocycles. The summed E-state index contributed by atoms with van der Waals surface area (Å²) in [6, 6.07) is 5.34. The minimum Gasteiger partial charge on any atom is -0.711 e. The van der Waals surface area contributed by atoms with E-state index in [1.165, 1.54) is 12.4 Å². The predicted octanol–water partition coefficient (Wildman–Crippen LogP) is 0.177. The second-order valence-corrected chi connectivity index (χ2v) is 4.61. The van der Waals surface area contributed by atoms with Gasteiger partial charge in [-0.1, -0.05) is 0 Å². The van der Waals surface area contributed by atoms with Crippen LogP contribution in [0.4, 0.5) is 0 Å². The summed E-state index contributed by atoms with van der Waals surface area (Å²) in [6.45, 7) is 0. The van der Waals surface area contributed by atoms with Gasteiger partial charge in [0, 0.05) is 0 Å². The third-order valence-corrected chi connectivity index (χ3v) is 1.72. The van der Waals surface area contributed by atoms with E-state index in [2.05, 4.69) is 4.98 Å². The fraction of sp³-hybridized carbons (Fsp3) is 0.111. The van der Waals surface area contributed by atoms with Crippen molar-refractivity contribution < 1.29 is 17.7 Å². The highest BCUT2D eigenvalue weighted by molar-refractivity contribution is 7.85. The molecule has 0 aromatic carbocycles. The Kier molecular flexibility index (Phi) is 3.67. The molecule has 0 aliphatic carbocycles. The molecular formula is C9H9N3O4S. The van der Waals surface area contributed by atoms with Crippen LogP contribution in [0.2, 0.25) is 0 Å². The fourth-order valence-corrected chi connectivity index (χ4v) is 1.16. The van der Waals surface area contributed by atoms with Gasteiger partial charge in [-0.2, -0.15) is 13.7 Å². The Morgan fingerprint density at radius 3 is 2.71 bits per heavy atom. The Balaban J connectivity index is 0.000000249. The highest BCUT2D eigenvalue weighted by Crippen LogP contribution is 2.12. The first-order valence-corrected chi connectivity index (χ1v) is 6.19. The summed E-state index contributed by atoms with van der Waals surface area (Å²) in [5, 5.41) is 20.4. The molecule has 0 aliphatic heterocycles. The Hall–Kier alpha value is -2.11. The highest BCUT2D eigenvalue weighted by Gasteiger charge is 2.08. The van der Waals surface area contributed by atoms with E-state index in [4.69, 9.17) is 9.81 Å². The Morgan fingerprint density at radius 2 is 2.18 bits per heavy atom. The molecule has 0 unspecified atom stereocenters. The molecule has 2 aromatic rings. The van der Waals surface area contributed by atoms with Crippen molar-refractivity contribution in [3.05, 3.63) is 35.3 Å². The number of aromatic nitrogens is 2. The number of nitriles is 1. The van der Waals surface area contributed by atoms with E-state index in [0.29, 0.717) is 27.6 Å². The molecule has 0 saturated heterocycles. The maximum Gasteiger partial charge on any atom is 0.290 e. The molecule has 8 heteroatoms. The maximum atomic E-state index is 11.1. The van der Waals surface area contributed by atoms with Gasteiger partial charge in [0.2, 0.25) is 0 Å². The number of H-pyrrole nitrogens is 1. The molecule has 0 bridgehead atoms. The minimum atomic E-state index is -3.67. The molecular weight excluding hydrogens is 246 g/mol. The fourth-order valence-electron chi connectivity index (χ4n) is 1.16. The maximum absolute atomic E-state index is 11.1. The van der Waals surface area contributed by atoms with Gasteiger partial charge in [0.05, 0.1) is 17.8 Å². The van der Waals surface area contributed by atoms with Crippen molar-refractivity contribution >= 4 is 21.2 Å². The first-order valence-electron chi connectivity index (χ1n) is 4.34. The molecule has 17 heavy (non-hydrogen) atoms. The zero-order chi connectivity index (χ0) is 13.1. The summed E-state index contributed by atoms with van der Waals surface area (Å²) in [5.74, 6) is 0. The number of aromatic amines is 1. The summed E-state index contributed by atoms with van der Waals surface area (Å²) in [6.07, 6.45) is 3.63. The molecule has 0 radical (unpaired) electrons. The first kappa shape index (κ1) is 13.0. The highest BCUT2D eigenvalue weighted by atomic mass is 32.2. The Bertz CT molecular complexity index is 661. The topological polar surface area (TPSA) is 121 Å². The summed E-state index contributed by atoms with van der Waals surface area (Å²) in [4.78, 5) is 2.74. The van der Waals surface area contributed by atoms with Crippen molar-refractivity contribution in [3.63, 3.8) is 0 Å². The van der Waals surface area contributed by atoms with E-state index in [-0.39, 0.29) is 0 Å². The molecule has 0 atom stereocenters. The van der Waals surface area contributed by atoms with E-state index in [1.54, 1.807) is 12.1 Å². The van der Waals surface area contributed by atoms with Gasteiger partial charge in [-0.15, -0.1) is 0 Å². The van der Waals surface area contributed by atoms with Crippen LogP contribution in [0.3, 0.4) is 0 Å². The van der Waals surface area contributed by atoms with E-state index in [9.17, 15) is 13.6 Å². The molecule has 2 heterocycles. The van der Waals surface area contributed by atoms with Gasteiger partial charge < -0.3 is 5.21 Å². The molecule has 0 aliphatic rings. The van der Waals surface area contributed by atoms with E-state index in [0.717, 1.165) is 0 Å². The number of fused-ring (bicyclic) bond motifs is 1. The monoisotopic (exact) mass is 255 g/mol. The van der Waals surface area contributed by atoms with Gasteiger partial charge in [-0.3, -0.25) is 4.55 Å². The van der Waals surface area contributed by atoms with Crippen molar-refractivity contribution in [2.45, 2.75) is 0 Å². The zero-order valence-corrected chi connectivity index (χ0v) is 9.60. The van der Waals surface area contributed by atoms with Crippen LogP contribution in [0, 0.1) is 16.5 Å². The summed E-state index contributed by atoms with van der Waals surface area (Å²) in [5.41, 5.74) is 0.921. The molecule has 0 fully saturated rings. The van der Waals surface area contributed by atoms with Crippen molar-refractivity contribution in [2.24, 2.45) is 0 Å². The van der Waals surface area contributed by atoms with Gasteiger partial charge in [0.15, 0.2) is 0 Å². The summed E-state index contributed by atoms with van der Waals surface area (Å²) in [7, 11) is -3.67. The number of nitrogens with zero attached hydrogens (tertiary/aromatic N) is 2. The number of rotatable bonds is 0. The van der Waals surface area contributed by atoms with Gasteiger partial charge in [0.25, 0.3) is 15.8 Å².